The molecule has 0 radical (unpaired) electrons. The van der Waals surface area contributed by atoms with Crippen molar-refractivity contribution in [2.24, 2.45) is 0 Å². The summed E-state index contributed by atoms with van der Waals surface area (Å²) in [6, 6.07) is 11.5. The van der Waals surface area contributed by atoms with Crippen LogP contribution in [-0.4, -0.2) is 42.6 Å². The first-order valence-electron chi connectivity index (χ1n) is 8.83. The molecule has 1 aliphatic heterocycles. The van der Waals surface area contributed by atoms with E-state index in [0.717, 1.165) is 41.8 Å². The minimum Gasteiger partial charge on any atom is -0.378 e. The molecule has 0 unspecified atom stereocenters. The number of benzene rings is 1. The molecule has 4 rings (SSSR count). The van der Waals surface area contributed by atoms with Crippen LogP contribution in [0.4, 0.5) is 5.69 Å². The number of rotatable bonds is 3. The first kappa shape index (κ1) is 16.5. The fraction of sp³-hybridized carbons (Fsp3) is 0.238. The monoisotopic (exact) mass is 346 g/mol. The van der Waals surface area contributed by atoms with Gasteiger partial charge >= 0.3 is 0 Å². The summed E-state index contributed by atoms with van der Waals surface area (Å²) >= 11 is 0. The van der Waals surface area contributed by atoms with Crippen molar-refractivity contribution in [1.82, 2.24) is 14.9 Å². The van der Waals surface area contributed by atoms with Crippen LogP contribution >= 0.6 is 0 Å². The van der Waals surface area contributed by atoms with Crippen LogP contribution in [0.1, 0.15) is 22.3 Å². The summed E-state index contributed by atoms with van der Waals surface area (Å²) in [7, 11) is 3.97. The third-order valence-electron chi connectivity index (χ3n) is 4.82. The second-order valence-electron chi connectivity index (χ2n) is 6.71. The van der Waals surface area contributed by atoms with Crippen molar-refractivity contribution >= 4 is 28.2 Å². The molecule has 0 aliphatic carbocycles. The quantitative estimate of drug-likeness (QED) is 0.791. The highest BCUT2D eigenvalue weighted by atomic mass is 16.2. The minimum atomic E-state index is -0.0332. The lowest BCUT2D eigenvalue weighted by atomic mass is 10.0. The molecule has 0 amide bonds. The van der Waals surface area contributed by atoms with Crippen molar-refractivity contribution in [3.05, 3.63) is 66.0 Å². The zero-order chi connectivity index (χ0) is 18.1. The van der Waals surface area contributed by atoms with Crippen LogP contribution in [-0.2, 0) is 0 Å². The van der Waals surface area contributed by atoms with Gasteiger partial charge in [-0.1, -0.05) is 6.08 Å². The second kappa shape index (κ2) is 6.77. The van der Waals surface area contributed by atoms with E-state index in [4.69, 9.17) is 0 Å². The van der Waals surface area contributed by atoms with Crippen LogP contribution in [0.5, 0.6) is 0 Å². The van der Waals surface area contributed by atoms with Gasteiger partial charge in [0.25, 0.3) is 5.91 Å². The second-order valence-corrected chi connectivity index (χ2v) is 6.71. The van der Waals surface area contributed by atoms with Crippen LogP contribution in [0.25, 0.3) is 16.6 Å². The third kappa shape index (κ3) is 2.91. The molecule has 3 aromatic rings. The molecule has 3 heterocycles. The lowest BCUT2D eigenvalue weighted by Crippen LogP contribution is -2.20. The fourth-order valence-electron chi connectivity index (χ4n) is 3.37. The van der Waals surface area contributed by atoms with E-state index in [1.54, 1.807) is 10.8 Å². The molecule has 1 aromatic carbocycles. The van der Waals surface area contributed by atoms with E-state index >= 15 is 0 Å². The maximum absolute atomic E-state index is 13.1. The fourth-order valence-corrected chi connectivity index (χ4v) is 3.37. The first-order chi connectivity index (χ1) is 12.6. The molecule has 1 aliphatic rings. The Morgan fingerprint density at radius 1 is 1.19 bits per heavy atom. The Hall–Kier alpha value is -2.92. The van der Waals surface area contributed by atoms with E-state index in [2.05, 4.69) is 16.4 Å². The normalized spacial score (nSPS) is 14.3. The van der Waals surface area contributed by atoms with Crippen molar-refractivity contribution in [1.29, 1.82) is 0 Å². The zero-order valence-electron chi connectivity index (χ0n) is 15.1. The molecule has 0 saturated carbocycles. The number of fused-ring (bicyclic) bond motifs is 1. The Labute approximate surface area is 153 Å². The molecular formula is C21H22N4O. The molecule has 26 heavy (non-hydrogen) atoms. The Bertz CT molecular complexity index is 983. The number of pyridine rings is 1. The molecule has 5 heteroatoms. The Morgan fingerprint density at radius 3 is 2.69 bits per heavy atom. The number of nitrogens with zero attached hydrogens (tertiary/aromatic N) is 3. The number of anilines is 1. The van der Waals surface area contributed by atoms with Crippen molar-refractivity contribution in [3.8, 4) is 0 Å². The van der Waals surface area contributed by atoms with Gasteiger partial charge in [0, 0.05) is 49.8 Å². The van der Waals surface area contributed by atoms with Gasteiger partial charge < -0.3 is 10.2 Å². The number of carbonyl (C=O) groups excluding carboxylic acids is 1. The summed E-state index contributed by atoms with van der Waals surface area (Å²) in [6.07, 6.45) is 6.86. The Morgan fingerprint density at radius 2 is 2.00 bits per heavy atom. The van der Waals surface area contributed by atoms with Crippen LogP contribution < -0.4 is 10.2 Å². The topological polar surface area (TPSA) is 50.2 Å². The molecule has 132 valence electrons. The van der Waals surface area contributed by atoms with Crippen molar-refractivity contribution < 1.29 is 4.79 Å². The van der Waals surface area contributed by atoms with Gasteiger partial charge in [-0.05, 0) is 54.9 Å². The maximum atomic E-state index is 13.1. The van der Waals surface area contributed by atoms with Gasteiger partial charge in [-0.3, -0.25) is 14.3 Å². The summed E-state index contributed by atoms with van der Waals surface area (Å²) < 4.78 is 1.73. The molecule has 1 N–H and O–H groups in total. The number of carbonyl (C=O) groups is 1. The average Bonchev–Trinajstić information content (AvgIpc) is 3.08. The minimum absolute atomic E-state index is 0.0332. The van der Waals surface area contributed by atoms with Gasteiger partial charge in [0.15, 0.2) is 0 Å². The molecule has 0 fully saturated rings. The molecule has 0 spiro atoms. The zero-order valence-corrected chi connectivity index (χ0v) is 15.1. The van der Waals surface area contributed by atoms with Gasteiger partial charge in [0.05, 0.1) is 11.0 Å². The van der Waals surface area contributed by atoms with Gasteiger partial charge in [-0.25, -0.2) is 0 Å². The lowest BCUT2D eigenvalue weighted by molar-refractivity contribution is 0.0965. The highest BCUT2D eigenvalue weighted by molar-refractivity contribution is 6.04. The first-order valence-corrected chi connectivity index (χ1v) is 8.83. The Balaban J connectivity index is 1.78. The molecule has 2 aromatic heterocycles. The third-order valence-corrected chi connectivity index (χ3v) is 4.82. The van der Waals surface area contributed by atoms with E-state index in [-0.39, 0.29) is 5.91 Å². The molecule has 5 nitrogen and oxygen atoms in total. The number of hydrogen-bond donors (Lipinski definition) is 1. The predicted molar refractivity (Wildman–Crippen MR) is 106 cm³/mol. The number of nitrogens with one attached hydrogen (secondary N) is 1. The van der Waals surface area contributed by atoms with E-state index in [9.17, 15) is 4.79 Å². The summed E-state index contributed by atoms with van der Waals surface area (Å²) in [6.45, 7) is 1.81. The summed E-state index contributed by atoms with van der Waals surface area (Å²) in [5, 5.41) is 3.33. The number of hydrogen-bond acceptors (Lipinski definition) is 4. The van der Waals surface area contributed by atoms with Gasteiger partial charge in [0.2, 0.25) is 0 Å². The SMILES string of the molecule is CN(C)c1ccc(C(=O)n2cc(C3=CCNCC3)c3ncccc32)cc1. The summed E-state index contributed by atoms with van der Waals surface area (Å²) in [5.41, 5.74) is 5.79. The van der Waals surface area contributed by atoms with E-state index in [0.29, 0.717) is 5.56 Å². The smallest absolute Gasteiger partial charge is 0.262 e. The Kier molecular flexibility index (Phi) is 4.31. The van der Waals surface area contributed by atoms with E-state index < -0.39 is 0 Å². The van der Waals surface area contributed by atoms with E-state index in [1.165, 1.54) is 5.57 Å². The van der Waals surface area contributed by atoms with Gasteiger partial charge in [-0.2, -0.15) is 0 Å². The van der Waals surface area contributed by atoms with Crippen molar-refractivity contribution in [2.45, 2.75) is 6.42 Å². The molecular weight excluding hydrogens is 324 g/mol. The summed E-state index contributed by atoms with van der Waals surface area (Å²) in [5.74, 6) is -0.0332. The van der Waals surface area contributed by atoms with Crippen LogP contribution in [0.15, 0.2) is 54.9 Å². The van der Waals surface area contributed by atoms with Crippen molar-refractivity contribution in [3.63, 3.8) is 0 Å². The van der Waals surface area contributed by atoms with E-state index in [1.807, 2.05) is 61.6 Å². The molecule has 0 atom stereocenters. The predicted octanol–water partition coefficient (Wildman–Crippen LogP) is 3.17. The molecule has 0 bridgehead atoms. The van der Waals surface area contributed by atoms with Crippen molar-refractivity contribution in [2.75, 3.05) is 32.1 Å². The summed E-state index contributed by atoms with van der Waals surface area (Å²) in [4.78, 5) is 19.7. The highest BCUT2D eigenvalue weighted by Gasteiger charge is 2.19. The van der Waals surface area contributed by atoms with Crippen LogP contribution in [0, 0.1) is 0 Å². The lowest BCUT2D eigenvalue weighted by Gasteiger charge is -2.13. The van der Waals surface area contributed by atoms with Crippen LogP contribution in [0.2, 0.25) is 0 Å². The van der Waals surface area contributed by atoms with Gasteiger partial charge in [0.1, 0.15) is 0 Å². The molecule has 0 saturated heterocycles. The largest absolute Gasteiger partial charge is 0.378 e. The maximum Gasteiger partial charge on any atom is 0.262 e. The highest BCUT2D eigenvalue weighted by Crippen LogP contribution is 2.29. The standard InChI is InChI=1S/C21H22N4O/c1-24(2)17-7-5-16(6-8-17)21(26)25-14-18(15-9-12-22-13-10-15)20-19(25)4-3-11-23-20/h3-9,11,14,22H,10,12-13H2,1-2H3. The average molecular weight is 346 g/mol. The van der Waals surface area contributed by atoms with Crippen LogP contribution in [0.3, 0.4) is 0 Å². The number of aromatic nitrogens is 2. The van der Waals surface area contributed by atoms with Gasteiger partial charge in [-0.15, -0.1) is 0 Å².